The number of aliphatic hydroxyl groups excluding tert-OH is 1. The number of rotatable bonds is 10. The van der Waals surface area contributed by atoms with Crippen molar-refractivity contribution in [3.05, 3.63) is 59.2 Å². The molecular formula is C27H34N2O6. The lowest BCUT2D eigenvalue weighted by Crippen LogP contribution is -2.32. The lowest BCUT2D eigenvalue weighted by atomic mass is 9.94. The van der Waals surface area contributed by atoms with Crippen molar-refractivity contribution < 1.29 is 28.9 Å². The van der Waals surface area contributed by atoms with Crippen LogP contribution in [0.4, 0.5) is 0 Å². The van der Waals surface area contributed by atoms with Crippen LogP contribution in [0.2, 0.25) is 0 Å². The van der Waals surface area contributed by atoms with Crippen LogP contribution in [0.15, 0.2) is 48.0 Å². The molecule has 1 N–H and O–H groups in total. The number of amides is 1. The topological polar surface area (TPSA) is 88.5 Å². The molecular weight excluding hydrogens is 448 g/mol. The van der Waals surface area contributed by atoms with Crippen LogP contribution >= 0.6 is 0 Å². The van der Waals surface area contributed by atoms with E-state index in [4.69, 9.17) is 14.2 Å². The van der Waals surface area contributed by atoms with Crippen molar-refractivity contribution in [2.24, 2.45) is 0 Å². The first-order chi connectivity index (χ1) is 16.7. The van der Waals surface area contributed by atoms with Gasteiger partial charge in [0.05, 0.1) is 31.9 Å². The first-order valence-corrected chi connectivity index (χ1v) is 11.6. The number of Topliss-reactive ketones (excluding diaryl/α,β-unsaturated/α-hetero) is 1. The van der Waals surface area contributed by atoms with Gasteiger partial charge in [0.2, 0.25) is 0 Å². The Morgan fingerprint density at radius 1 is 1.03 bits per heavy atom. The molecule has 0 bridgehead atoms. The second-order valence-electron chi connectivity index (χ2n) is 8.95. The molecule has 0 radical (unpaired) electrons. The van der Waals surface area contributed by atoms with Gasteiger partial charge < -0.3 is 29.1 Å². The highest BCUT2D eigenvalue weighted by molar-refractivity contribution is 6.46. The van der Waals surface area contributed by atoms with Crippen molar-refractivity contribution in [1.29, 1.82) is 0 Å². The fourth-order valence-electron chi connectivity index (χ4n) is 4.15. The molecule has 1 saturated heterocycles. The molecule has 188 valence electrons. The third-order valence-electron chi connectivity index (χ3n) is 5.78. The summed E-state index contributed by atoms with van der Waals surface area (Å²) < 4.78 is 16.6. The summed E-state index contributed by atoms with van der Waals surface area (Å²) in [5.41, 5.74) is 1.05. The van der Waals surface area contributed by atoms with Gasteiger partial charge in [-0.05, 0) is 77.3 Å². The van der Waals surface area contributed by atoms with E-state index in [1.165, 1.54) is 12.0 Å². The number of carbonyl (C=O) groups excluding carboxylic acids is 2. The number of nitrogens with zero attached hydrogens (tertiary/aromatic N) is 2. The minimum absolute atomic E-state index is 0.00414. The first kappa shape index (κ1) is 26.1. The monoisotopic (exact) mass is 482 g/mol. The van der Waals surface area contributed by atoms with E-state index < -0.39 is 17.7 Å². The van der Waals surface area contributed by atoms with Crippen LogP contribution in [0.1, 0.15) is 37.4 Å². The molecule has 2 aromatic carbocycles. The number of methoxy groups -OCH3 is 2. The number of ether oxygens (including phenoxy) is 3. The summed E-state index contributed by atoms with van der Waals surface area (Å²) >= 11 is 0. The predicted octanol–water partition coefficient (Wildman–Crippen LogP) is 3.86. The summed E-state index contributed by atoms with van der Waals surface area (Å²) in [4.78, 5) is 29.9. The van der Waals surface area contributed by atoms with Gasteiger partial charge in [-0.1, -0.05) is 0 Å². The number of aliphatic hydroxyl groups is 1. The predicted molar refractivity (Wildman–Crippen MR) is 134 cm³/mol. The Kier molecular flexibility index (Phi) is 8.40. The highest BCUT2D eigenvalue weighted by Gasteiger charge is 2.46. The molecule has 1 atom stereocenters. The van der Waals surface area contributed by atoms with Gasteiger partial charge in [0, 0.05) is 23.7 Å². The molecule has 0 saturated carbocycles. The summed E-state index contributed by atoms with van der Waals surface area (Å²) in [7, 11) is 6.97. The quantitative estimate of drug-likeness (QED) is 0.312. The molecule has 2 aromatic rings. The number of likely N-dealkylation sites (tertiary alicyclic amines) is 1. The van der Waals surface area contributed by atoms with Gasteiger partial charge in [-0.15, -0.1) is 0 Å². The molecule has 1 aliphatic heterocycles. The van der Waals surface area contributed by atoms with Gasteiger partial charge in [-0.3, -0.25) is 9.59 Å². The third-order valence-corrected chi connectivity index (χ3v) is 5.78. The van der Waals surface area contributed by atoms with E-state index in [-0.39, 0.29) is 17.4 Å². The Morgan fingerprint density at radius 2 is 1.69 bits per heavy atom. The van der Waals surface area contributed by atoms with Crippen molar-refractivity contribution in [2.75, 3.05) is 41.4 Å². The second kappa shape index (κ2) is 11.3. The van der Waals surface area contributed by atoms with Gasteiger partial charge in [0.25, 0.3) is 11.7 Å². The normalized spacial score (nSPS) is 17.4. The molecule has 3 rings (SSSR count). The largest absolute Gasteiger partial charge is 0.507 e. The van der Waals surface area contributed by atoms with Gasteiger partial charge >= 0.3 is 0 Å². The summed E-state index contributed by atoms with van der Waals surface area (Å²) in [5, 5.41) is 11.3. The average molecular weight is 483 g/mol. The fraction of sp³-hybridized carbons (Fsp3) is 0.407. The molecule has 35 heavy (non-hydrogen) atoms. The Labute approximate surface area is 206 Å². The van der Waals surface area contributed by atoms with Gasteiger partial charge in [-0.2, -0.15) is 0 Å². The van der Waals surface area contributed by atoms with Crippen molar-refractivity contribution in [3.8, 4) is 17.2 Å². The van der Waals surface area contributed by atoms with E-state index in [0.717, 1.165) is 6.54 Å². The SMILES string of the molecule is COc1ccc([C@H]2/C(=C(\O)c3ccc(OC(C)C)cc3)C(=O)C(=O)N2CCCN(C)C)c(OC)c1. The van der Waals surface area contributed by atoms with Gasteiger partial charge in [0.1, 0.15) is 23.0 Å². The smallest absolute Gasteiger partial charge is 0.295 e. The van der Waals surface area contributed by atoms with Gasteiger partial charge in [-0.25, -0.2) is 0 Å². The van der Waals surface area contributed by atoms with Crippen molar-refractivity contribution in [2.45, 2.75) is 32.4 Å². The molecule has 0 aliphatic carbocycles. The summed E-state index contributed by atoms with van der Waals surface area (Å²) in [6.07, 6.45) is 0.667. The zero-order chi connectivity index (χ0) is 25.7. The Bertz CT molecular complexity index is 1090. The Morgan fingerprint density at radius 3 is 2.26 bits per heavy atom. The summed E-state index contributed by atoms with van der Waals surface area (Å²) in [6.45, 7) is 4.94. The van der Waals surface area contributed by atoms with E-state index in [1.54, 1.807) is 49.6 Å². The first-order valence-electron chi connectivity index (χ1n) is 11.6. The average Bonchev–Trinajstić information content (AvgIpc) is 3.08. The fourth-order valence-corrected chi connectivity index (χ4v) is 4.15. The number of carbonyl (C=O) groups is 2. The minimum Gasteiger partial charge on any atom is -0.507 e. The van der Waals surface area contributed by atoms with Crippen LogP contribution in [-0.4, -0.2) is 74.1 Å². The second-order valence-corrected chi connectivity index (χ2v) is 8.95. The Hall–Kier alpha value is -3.52. The van der Waals surface area contributed by atoms with Crippen molar-refractivity contribution >= 4 is 17.4 Å². The van der Waals surface area contributed by atoms with Gasteiger partial charge in [0.15, 0.2) is 0 Å². The molecule has 8 heteroatoms. The molecule has 1 aliphatic rings. The molecule has 1 fully saturated rings. The van der Waals surface area contributed by atoms with E-state index in [2.05, 4.69) is 0 Å². The molecule has 0 unspecified atom stereocenters. The maximum atomic E-state index is 13.2. The minimum atomic E-state index is -0.801. The van der Waals surface area contributed by atoms with Crippen LogP contribution in [0, 0.1) is 0 Å². The van der Waals surface area contributed by atoms with Crippen LogP contribution in [-0.2, 0) is 9.59 Å². The zero-order valence-electron chi connectivity index (χ0n) is 21.2. The lowest BCUT2D eigenvalue weighted by molar-refractivity contribution is -0.140. The van der Waals surface area contributed by atoms with Crippen LogP contribution in [0.25, 0.3) is 5.76 Å². The van der Waals surface area contributed by atoms with E-state index in [0.29, 0.717) is 41.3 Å². The number of ketones is 1. The summed E-state index contributed by atoms with van der Waals surface area (Å²) in [6, 6.07) is 11.2. The van der Waals surface area contributed by atoms with E-state index in [1.807, 2.05) is 32.8 Å². The highest BCUT2D eigenvalue weighted by atomic mass is 16.5. The lowest BCUT2D eigenvalue weighted by Gasteiger charge is -2.27. The standard InChI is InChI=1S/C27H34N2O6/c1-17(2)35-19-10-8-18(9-11-19)25(30)23-24(21-13-12-20(33-5)16-22(21)34-6)29(27(32)26(23)31)15-7-14-28(3)4/h8-13,16-17,24,30H,7,14-15H2,1-6H3/b25-23+/t24-/m0/s1. The Balaban J connectivity index is 2.12. The van der Waals surface area contributed by atoms with E-state index in [9.17, 15) is 14.7 Å². The van der Waals surface area contributed by atoms with Crippen molar-refractivity contribution in [1.82, 2.24) is 9.80 Å². The number of hydrogen-bond donors (Lipinski definition) is 1. The maximum Gasteiger partial charge on any atom is 0.295 e. The van der Waals surface area contributed by atoms with Crippen LogP contribution in [0.5, 0.6) is 17.2 Å². The zero-order valence-corrected chi connectivity index (χ0v) is 21.2. The number of hydrogen-bond acceptors (Lipinski definition) is 7. The van der Waals surface area contributed by atoms with Crippen LogP contribution in [0.3, 0.4) is 0 Å². The highest BCUT2D eigenvalue weighted by Crippen LogP contribution is 2.43. The molecule has 8 nitrogen and oxygen atoms in total. The maximum absolute atomic E-state index is 13.2. The summed E-state index contributed by atoms with van der Waals surface area (Å²) in [5.74, 6) is 0.0773. The number of benzene rings is 2. The molecule has 1 heterocycles. The van der Waals surface area contributed by atoms with Crippen LogP contribution < -0.4 is 14.2 Å². The van der Waals surface area contributed by atoms with E-state index >= 15 is 0 Å². The molecule has 1 amide bonds. The third kappa shape index (κ3) is 5.77. The molecule has 0 aromatic heterocycles. The molecule has 0 spiro atoms. The van der Waals surface area contributed by atoms with Crippen molar-refractivity contribution in [3.63, 3.8) is 0 Å².